The van der Waals surface area contributed by atoms with Gasteiger partial charge in [0.2, 0.25) is 0 Å². The van der Waals surface area contributed by atoms with Gasteiger partial charge >= 0.3 is 0 Å². The van der Waals surface area contributed by atoms with Crippen LogP contribution in [0.2, 0.25) is 0 Å². The molecular formula is C11H19N5. The minimum atomic E-state index is 0.278. The van der Waals surface area contributed by atoms with Crippen LogP contribution in [0.25, 0.3) is 11.0 Å². The van der Waals surface area contributed by atoms with E-state index in [1.165, 1.54) is 6.33 Å². The number of nitrogen functional groups attached to an aromatic ring is 1. The molecule has 88 valence electrons. The van der Waals surface area contributed by atoms with Crippen LogP contribution in [0.5, 0.6) is 0 Å². The standard InChI is InChI=1S/C9H13N5.C2H6/c1-5(2)14-9-7(6(3)13-14)8(10)11-4-12-9;1-2/h4-5H,1-3H3,(H2,10,11,12);1-2H3. The Kier molecular flexibility index (Phi) is 3.82. The van der Waals surface area contributed by atoms with Crippen LogP contribution in [-0.4, -0.2) is 19.7 Å². The number of fused-ring (bicyclic) bond motifs is 1. The molecule has 0 fully saturated rings. The lowest BCUT2D eigenvalue weighted by molar-refractivity contribution is 0.542. The second-order valence-electron chi connectivity index (χ2n) is 3.58. The fraction of sp³-hybridized carbons (Fsp3) is 0.545. The zero-order valence-corrected chi connectivity index (χ0v) is 10.5. The molecule has 0 bridgehead atoms. The van der Waals surface area contributed by atoms with Crippen LogP contribution in [0.3, 0.4) is 0 Å². The SMILES string of the molecule is CC.Cc1nn(C(C)C)c2ncnc(N)c12. The number of nitrogens with zero attached hydrogens (tertiary/aromatic N) is 4. The van der Waals surface area contributed by atoms with Crippen molar-refractivity contribution in [1.82, 2.24) is 19.7 Å². The van der Waals surface area contributed by atoms with Crippen molar-refractivity contribution in [1.29, 1.82) is 0 Å². The Bertz CT molecular complexity index is 472. The molecule has 2 N–H and O–H groups in total. The zero-order valence-electron chi connectivity index (χ0n) is 10.5. The van der Waals surface area contributed by atoms with Gasteiger partial charge < -0.3 is 5.73 Å². The molecule has 2 heterocycles. The van der Waals surface area contributed by atoms with E-state index >= 15 is 0 Å². The van der Waals surface area contributed by atoms with Gasteiger partial charge in [0.1, 0.15) is 12.1 Å². The number of aromatic nitrogens is 4. The first-order valence-electron chi connectivity index (χ1n) is 5.56. The number of aryl methyl sites for hydroxylation is 1. The molecule has 0 radical (unpaired) electrons. The summed E-state index contributed by atoms with van der Waals surface area (Å²) in [5.74, 6) is 0.499. The van der Waals surface area contributed by atoms with Crippen molar-refractivity contribution in [2.24, 2.45) is 0 Å². The number of anilines is 1. The van der Waals surface area contributed by atoms with E-state index < -0.39 is 0 Å². The van der Waals surface area contributed by atoms with Crippen molar-refractivity contribution < 1.29 is 0 Å². The number of hydrogen-bond acceptors (Lipinski definition) is 4. The molecule has 0 aromatic carbocycles. The third kappa shape index (κ3) is 1.98. The van der Waals surface area contributed by atoms with E-state index in [0.29, 0.717) is 5.82 Å². The van der Waals surface area contributed by atoms with Crippen LogP contribution in [0, 0.1) is 6.92 Å². The zero-order chi connectivity index (χ0) is 12.3. The molecule has 0 atom stereocenters. The van der Waals surface area contributed by atoms with Gasteiger partial charge in [-0.2, -0.15) is 5.10 Å². The van der Waals surface area contributed by atoms with Crippen LogP contribution in [0.1, 0.15) is 39.4 Å². The molecule has 5 nitrogen and oxygen atoms in total. The summed E-state index contributed by atoms with van der Waals surface area (Å²) >= 11 is 0. The lowest BCUT2D eigenvalue weighted by Gasteiger charge is -2.05. The smallest absolute Gasteiger partial charge is 0.163 e. The number of rotatable bonds is 1. The monoisotopic (exact) mass is 221 g/mol. The molecule has 0 saturated carbocycles. The lowest BCUT2D eigenvalue weighted by atomic mass is 10.3. The van der Waals surface area contributed by atoms with Gasteiger partial charge in [0.05, 0.1) is 11.1 Å². The van der Waals surface area contributed by atoms with Crippen molar-refractivity contribution in [3.8, 4) is 0 Å². The molecule has 16 heavy (non-hydrogen) atoms. The topological polar surface area (TPSA) is 69.6 Å². The third-order valence-corrected chi connectivity index (χ3v) is 2.18. The molecule has 0 unspecified atom stereocenters. The van der Waals surface area contributed by atoms with Gasteiger partial charge in [0.25, 0.3) is 0 Å². The highest BCUT2D eigenvalue weighted by molar-refractivity contribution is 5.87. The Hall–Kier alpha value is -1.65. The van der Waals surface area contributed by atoms with Crippen molar-refractivity contribution >= 4 is 16.9 Å². The average molecular weight is 221 g/mol. The van der Waals surface area contributed by atoms with Gasteiger partial charge in [-0.15, -0.1) is 0 Å². The van der Waals surface area contributed by atoms with Crippen molar-refractivity contribution in [3.63, 3.8) is 0 Å². The van der Waals surface area contributed by atoms with E-state index in [0.717, 1.165) is 16.7 Å². The van der Waals surface area contributed by atoms with Crippen LogP contribution in [0.4, 0.5) is 5.82 Å². The first-order chi connectivity index (χ1) is 7.61. The van der Waals surface area contributed by atoms with E-state index in [-0.39, 0.29) is 6.04 Å². The number of hydrogen-bond donors (Lipinski definition) is 1. The molecule has 2 aromatic heterocycles. The fourth-order valence-electron chi connectivity index (χ4n) is 1.53. The van der Waals surface area contributed by atoms with Gasteiger partial charge in [-0.25, -0.2) is 14.6 Å². The molecule has 0 aliphatic rings. The van der Waals surface area contributed by atoms with E-state index in [9.17, 15) is 0 Å². The van der Waals surface area contributed by atoms with E-state index in [1.54, 1.807) is 0 Å². The molecule has 0 aliphatic heterocycles. The Balaban J connectivity index is 0.000000606. The predicted octanol–water partition coefficient (Wildman–Crippen LogP) is 2.32. The normalized spacial score (nSPS) is 10.4. The van der Waals surface area contributed by atoms with Gasteiger partial charge in [-0.05, 0) is 20.8 Å². The Morgan fingerprint density at radius 1 is 1.25 bits per heavy atom. The summed E-state index contributed by atoms with van der Waals surface area (Å²) in [6.07, 6.45) is 1.47. The van der Waals surface area contributed by atoms with Crippen molar-refractivity contribution in [2.75, 3.05) is 5.73 Å². The summed E-state index contributed by atoms with van der Waals surface area (Å²) in [5, 5.41) is 5.25. The Labute approximate surface area is 95.7 Å². The molecular weight excluding hydrogens is 202 g/mol. The molecule has 2 rings (SSSR count). The largest absolute Gasteiger partial charge is 0.383 e. The molecule has 0 aliphatic carbocycles. The van der Waals surface area contributed by atoms with Crippen molar-refractivity contribution in [3.05, 3.63) is 12.0 Å². The summed E-state index contributed by atoms with van der Waals surface area (Å²) in [5.41, 5.74) is 7.46. The highest BCUT2D eigenvalue weighted by Crippen LogP contribution is 2.22. The number of nitrogens with two attached hydrogens (primary N) is 1. The molecule has 2 aromatic rings. The van der Waals surface area contributed by atoms with Crippen molar-refractivity contribution in [2.45, 2.75) is 40.7 Å². The third-order valence-electron chi connectivity index (χ3n) is 2.18. The summed E-state index contributed by atoms with van der Waals surface area (Å²) in [6, 6.07) is 0.278. The highest BCUT2D eigenvalue weighted by atomic mass is 15.3. The van der Waals surface area contributed by atoms with Gasteiger partial charge in [-0.1, -0.05) is 13.8 Å². The summed E-state index contributed by atoms with van der Waals surface area (Å²) < 4.78 is 1.86. The Morgan fingerprint density at radius 2 is 1.88 bits per heavy atom. The second-order valence-corrected chi connectivity index (χ2v) is 3.58. The summed E-state index contributed by atoms with van der Waals surface area (Å²) in [4.78, 5) is 8.15. The molecule has 0 saturated heterocycles. The second kappa shape index (κ2) is 4.92. The minimum absolute atomic E-state index is 0.278. The summed E-state index contributed by atoms with van der Waals surface area (Å²) in [6.45, 7) is 10.0. The van der Waals surface area contributed by atoms with Crippen LogP contribution in [0.15, 0.2) is 6.33 Å². The lowest BCUT2D eigenvalue weighted by Crippen LogP contribution is -2.04. The van der Waals surface area contributed by atoms with Gasteiger partial charge in [0, 0.05) is 6.04 Å². The maximum absolute atomic E-state index is 5.77. The van der Waals surface area contributed by atoms with Crippen LogP contribution >= 0.6 is 0 Å². The van der Waals surface area contributed by atoms with Gasteiger partial charge in [-0.3, -0.25) is 0 Å². The fourth-order valence-corrected chi connectivity index (χ4v) is 1.53. The van der Waals surface area contributed by atoms with E-state index in [4.69, 9.17) is 5.73 Å². The first kappa shape index (κ1) is 12.4. The van der Waals surface area contributed by atoms with Crippen LogP contribution in [-0.2, 0) is 0 Å². The summed E-state index contributed by atoms with van der Waals surface area (Å²) in [7, 11) is 0. The quantitative estimate of drug-likeness (QED) is 0.802. The molecule has 5 heteroatoms. The highest BCUT2D eigenvalue weighted by Gasteiger charge is 2.13. The maximum atomic E-state index is 5.77. The first-order valence-corrected chi connectivity index (χ1v) is 5.56. The van der Waals surface area contributed by atoms with Gasteiger partial charge in [0.15, 0.2) is 5.65 Å². The maximum Gasteiger partial charge on any atom is 0.163 e. The Morgan fingerprint density at radius 3 is 2.44 bits per heavy atom. The minimum Gasteiger partial charge on any atom is -0.383 e. The van der Waals surface area contributed by atoms with E-state index in [2.05, 4.69) is 28.9 Å². The van der Waals surface area contributed by atoms with E-state index in [1.807, 2.05) is 25.5 Å². The predicted molar refractivity (Wildman–Crippen MR) is 66.2 cm³/mol. The van der Waals surface area contributed by atoms with Crippen LogP contribution < -0.4 is 5.73 Å². The molecule has 0 spiro atoms. The molecule has 0 amide bonds. The average Bonchev–Trinajstić information content (AvgIpc) is 2.61.